The van der Waals surface area contributed by atoms with E-state index >= 15 is 0 Å². The second-order valence-corrected chi connectivity index (χ2v) is 6.48. The molecule has 3 aromatic rings. The van der Waals surface area contributed by atoms with Gasteiger partial charge in [0.15, 0.2) is 5.65 Å². The van der Waals surface area contributed by atoms with E-state index in [2.05, 4.69) is 32.0 Å². The van der Waals surface area contributed by atoms with Gasteiger partial charge in [0.05, 0.1) is 17.8 Å². The molecule has 3 aromatic heterocycles. The maximum Gasteiger partial charge on any atom is 0.244 e. The summed E-state index contributed by atoms with van der Waals surface area (Å²) in [5.41, 5.74) is 3.58. The number of fused-ring (bicyclic) bond motifs is 1. The highest BCUT2D eigenvalue weighted by atomic mass is 16.5. The van der Waals surface area contributed by atoms with Crippen LogP contribution in [0.2, 0.25) is 0 Å². The van der Waals surface area contributed by atoms with Crippen LogP contribution in [0.4, 0.5) is 0 Å². The number of hydrogen-bond donors (Lipinski definition) is 0. The van der Waals surface area contributed by atoms with Gasteiger partial charge in [-0.1, -0.05) is 12.1 Å². The Hall–Kier alpha value is -2.28. The van der Waals surface area contributed by atoms with Gasteiger partial charge in [-0.05, 0) is 52.3 Å². The van der Waals surface area contributed by atoms with E-state index in [1.54, 1.807) is 6.20 Å². The molecule has 1 fully saturated rings. The highest BCUT2D eigenvalue weighted by molar-refractivity contribution is 5.72. The lowest BCUT2D eigenvalue weighted by Gasteiger charge is -2.20. The molecule has 126 valence electrons. The fraction of sp³-hybridized carbons (Fsp3) is 0.529. The number of hydrogen-bond acceptors (Lipinski definition) is 6. The van der Waals surface area contributed by atoms with Crippen molar-refractivity contribution in [2.24, 2.45) is 0 Å². The van der Waals surface area contributed by atoms with Gasteiger partial charge in [-0.25, -0.2) is 9.50 Å². The Bertz CT molecular complexity index is 867. The third kappa shape index (κ3) is 2.49. The molecule has 0 amide bonds. The van der Waals surface area contributed by atoms with Gasteiger partial charge < -0.3 is 4.52 Å². The molecule has 7 nitrogen and oxygen atoms in total. The third-order valence-corrected chi connectivity index (χ3v) is 4.62. The Morgan fingerprint density at radius 2 is 2.17 bits per heavy atom. The summed E-state index contributed by atoms with van der Waals surface area (Å²) < 4.78 is 7.41. The third-order valence-electron chi connectivity index (χ3n) is 4.62. The average molecular weight is 326 g/mol. The molecule has 0 saturated carbocycles. The number of likely N-dealkylation sites (tertiary alicyclic amines) is 1. The van der Waals surface area contributed by atoms with E-state index in [1.807, 2.05) is 24.4 Å². The van der Waals surface area contributed by atoms with Crippen molar-refractivity contribution in [1.29, 1.82) is 0 Å². The summed E-state index contributed by atoms with van der Waals surface area (Å²) in [6, 6.07) is 2.25. The van der Waals surface area contributed by atoms with Gasteiger partial charge in [-0.15, -0.1) is 0 Å². The summed E-state index contributed by atoms with van der Waals surface area (Å²) in [5.74, 6) is 1.28. The standard InChI is InChI=1S/C17H22N6O/c1-4-7-22-8-5-6-14(22)17-20-15(21-24-17)13-10-18-23-12(3)9-11(2)19-16(13)23/h9-10,14H,4-8H2,1-3H3/t14-/m0/s1. The van der Waals surface area contributed by atoms with Crippen molar-refractivity contribution in [2.75, 3.05) is 13.1 Å². The van der Waals surface area contributed by atoms with Crippen LogP contribution < -0.4 is 0 Å². The van der Waals surface area contributed by atoms with Gasteiger partial charge >= 0.3 is 0 Å². The molecule has 1 aliphatic rings. The second-order valence-electron chi connectivity index (χ2n) is 6.48. The molecule has 0 N–H and O–H groups in total. The van der Waals surface area contributed by atoms with Crippen molar-refractivity contribution in [2.45, 2.75) is 46.1 Å². The first-order valence-electron chi connectivity index (χ1n) is 8.57. The zero-order chi connectivity index (χ0) is 16.7. The normalized spacial score (nSPS) is 18.7. The number of rotatable bonds is 4. The monoisotopic (exact) mass is 326 g/mol. The largest absolute Gasteiger partial charge is 0.337 e. The first-order valence-corrected chi connectivity index (χ1v) is 8.57. The molecule has 1 aliphatic heterocycles. The summed E-state index contributed by atoms with van der Waals surface area (Å²) in [6.07, 6.45) is 5.15. The van der Waals surface area contributed by atoms with E-state index in [9.17, 15) is 0 Å². The molecule has 1 atom stereocenters. The van der Waals surface area contributed by atoms with Crippen LogP contribution >= 0.6 is 0 Å². The quantitative estimate of drug-likeness (QED) is 0.734. The van der Waals surface area contributed by atoms with Gasteiger partial charge in [0.2, 0.25) is 11.7 Å². The number of aromatic nitrogens is 5. The predicted octanol–water partition coefficient (Wildman–Crippen LogP) is 2.94. The van der Waals surface area contributed by atoms with Crippen LogP contribution in [0.1, 0.15) is 49.5 Å². The average Bonchev–Trinajstić information content (AvgIpc) is 3.24. The van der Waals surface area contributed by atoms with Gasteiger partial charge in [-0.2, -0.15) is 10.1 Å². The van der Waals surface area contributed by atoms with Crippen LogP contribution in [-0.4, -0.2) is 42.7 Å². The lowest BCUT2D eigenvalue weighted by atomic mass is 10.2. The number of aryl methyl sites for hydroxylation is 2. The molecule has 7 heteroatoms. The molecule has 4 rings (SSSR count). The van der Waals surface area contributed by atoms with Gasteiger partial charge in [0.25, 0.3) is 0 Å². The summed E-state index contributed by atoms with van der Waals surface area (Å²) in [7, 11) is 0. The predicted molar refractivity (Wildman–Crippen MR) is 89.6 cm³/mol. The van der Waals surface area contributed by atoms with Crippen molar-refractivity contribution in [3.05, 3.63) is 29.5 Å². The number of nitrogens with zero attached hydrogens (tertiary/aromatic N) is 6. The molecule has 4 heterocycles. The van der Waals surface area contributed by atoms with Crippen LogP contribution in [-0.2, 0) is 0 Å². The minimum absolute atomic E-state index is 0.240. The molecule has 0 radical (unpaired) electrons. The van der Waals surface area contributed by atoms with Crippen LogP contribution in [0.5, 0.6) is 0 Å². The maximum atomic E-state index is 5.59. The van der Waals surface area contributed by atoms with E-state index in [0.29, 0.717) is 11.7 Å². The van der Waals surface area contributed by atoms with E-state index < -0.39 is 0 Å². The van der Waals surface area contributed by atoms with Crippen LogP contribution in [0.3, 0.4) is 0 Å². The molecule has 1 saturated heterocycles. The highest BCUT2D eigenvalue weighted by Crippen LogP contribution is 2.32. The fourth-order valence-electron chi connectivity index (χ4n) is 3.57. The van der Waals surface area contributed by atoms with E-state index in [4.69, 9.17) is 4.52 Å². The summed E-state index contributed by atoms with van der Waals surface area (Å²) in [4.78, 5) is 11.7. The van der Waals surface area contributed by atoms with Crippen molar-refractivity contribution >= 4 is 5.65 Å². The highest BCUT2D eigenvalue weighted by Gasteiger charge is 2.30. The van der Waals surface area contributed by atoms with E-state index in [-0.39, 0.29) is 6.04 Å². The fourth-order valence-corrected chi connectivity index (χ4v) is 3.57. The zero-order valence-corrected chi connectivity index (χ0v) is 14.4. The lowest BCUT2D eigenvalue weighted by molar-refractivity contribution is 0.208. The minimum atomic E-state index is 0.240. The Balaban J connectivity index is 1.71. The van der Waals surface area contributed by atoms with E-state index in [0.717, 1.165) is 48.5 Å². The molecule has 0 bridgehead atoms. The van der Waals surface area contributed by atoms with Crippen molar-refractivity contribution in [3.8, 4) is 11.4 Å². The Labute approximate surface area is 140 Å². The van der Waals surface area contributed by atoms with Gasteiger partial charge in [0, 0.05) is 11.4 Å². The zero-order valence-electron chi connectivity index (χ0n) is 14.4. The Morgan fingerprint density at radius 3 is 3.00 bits per heavy atom. The maximum absolute atomic E-state index is 5.59. The van der Waals surface area contributed by atoms with Gasteiger partial charge in [0.1, 0.15) is 0 Å². The van der Waals surface area contributed by atoms with Crippen LogP contribution in [0.15, 0.2) is 16.8 Å². The molecule has 0 aromatic carbocycles. The molecular formula is C17H22N6O. The summed E-state index contributed by atoms with van der Waals surface area (Å²) >= 11 is 0. The first kappa shape index (κ1) is 15.3. The summed E-state index contributed by atoms with van der Waals surface area (Å²) in [5, 5.41) is 8.61. The van der Waals surface area contributed by atoms with Crippen molar-refractivity contribution in [1.82, 2.24) is 29.6 Å². The molecule has 0 unspecified atom stereocenters. The van der Waals surface area contributed by atoms with Gasteiger partial charge in [-0.3, -0.25) is 4.90 Å². The minimum Gasteiger partial charge on any atom is -0.337 e. The Kier molecular flexibility index (Phi) is 3.80. The lowest BCUT2D eigenvalue weighted by Crippen LogP contribution is -2.24. The smallest absolute Gasteiger partial charge is 0.244 e. The van der Waals surface area contributed by atoms with Crippen LogP contribution in [0.25, 0.3) is 17.0 Å². The summed E-state index contributed by atoms with van der Waals surface area (Å²) in [6.45, 7) is 8.36. The Morgan fingerprint density at radius 1 is 1.29 bits per heavy atom. The van der Waals surface area contributed by atoms with Crippen molar-refractivity contribution < 1.29 is 4.52 Å². The molecule has 0 aliphatic carbocycles. The molecule has 24 heavy (non-hydrogen) atoms. The SMILES string of the molecule is CCCN1CCC[C@H]1c1nc(-c2cnn3c(C)cc(C)nc23)no1. The van der Waals surface area contributed by atoms with Crippen molar-refractivity contribution in [3.63, 3.8) is 0 Å². The van der Waals surface area contributed by atoms with E-state index in [1.165, 1.54) is 6.42 Å². The first-order chi connectivity index (χ1) is 11.7. The van der Waals surface area contributed by atoms with Crippen LogP contribution in [0, 0.1) is 13.8 Å². The topological polar surface area (TPSA) is 72.4 Å². The second kappa shape index (κ2) is 5.98. The molecular weight excluding hydrogens is 304 g/mol. The molecule has 0 spiro atoms.